The van der Waals surface area contributed by atoms with Gasteiger partial charge < -0.3 is 10.0 Å². The number of rotatable bonds is 4. The van der Waals surface area contributed by atoms with E-state index in [1.807, 2.05) is 23.1 Å². The van der Waals surface area contributed by atoms with Crippen molar-refractivity contribution < 1.29 is 9.90 Å². The third kappa shape index (κ3) is 3.75. The summed E-state index contributed by atoms with van der Waals surface area (Å²) in [6.07, 6.45) is 5.12. The molecule has 3 nitrogen and oxygen atoms in total. The van der Waals surface area contributed by atoms with Crippen molar-refractivity contribution in [3.05, 3.63) is 58.5 Å². The third-order valence-corrected chi connectivity index (χ3v) is 7.52. The molecule has 4 rings (SSSR count). The summed E-state index contributed by atoms with van der Waals surface area (Å²) >= 11 is 3.75. The van der Waals surface area contributed by atoms with E-state index < -0.39 is 5.97 Å². The number of hydrogen-bond donors (Lipinski definition) is 1. The first-order valence-electron chi connectivity index (χ1n) is 9.16. The van der Waals surface area contributed by atoms with Crippen molar-refractivity contribution in [3.8, 4) is 0 Å². The molecule has 0 amide bonds. The molecule has 1 atom stereocenters. The molecule has 2 aliphatic heterocycles. The zero-order valence-corrected chi connectivity index (χ0v) is 16.3. The van der Waals surface area contributed by atoms with E-state index in [9.17, 15) is 9.90 Å². The lowest BCUT2D eigenvalue weighted by Crippen LogP contribution is -2.39. The first-order chi connectivity index (χ1) is 12.7. The molecule has 26 heavy (non-hydrogen) atoms. The Balaban J connectivity index is 1.53. The van der Waals surface area contributed by atoms with E-state index in [1.54, 1.807) is 0 Å². The molecule has 0 saturated carbocycles. The zero-order valence-electron chi connectivity index (χ0n) is 14.7. The monoisotopic (exact) mass is 385 g/mol. The highest BCUT2D eigenvalue weighted by Crippen LogP contribution is 2.43. The molecule has 1 fully saturated rings. The Kier molecular flexibility index (Phi) is 5.48. The van der Waals surface area contributed by atoms with Crippen LogP contribution in [-0.2, 0) is 10.5 Å². The van der Waals surface area contributed by atoms with Gasteiger partial charge in [0.15, 0.2) is 0 Å². The van der Waals surface area contributed by atoms with Crippen LogP contribution < -0.4 is 0 Å². The number of aliphatic carboxylic acids is 1. The molecule has 1 unspecified atom stereocenters. The number of carboxylic acids is 1. The number of likely N-dealkylation sites (tertiary alicyclic amines) is 1. The van der Waals surface area contributed by atoms with Crippen LogP contribution in [0.15, 0.2) is 46.0 Å². The third-order valence-electron chi connectivity index (χ3n) is 5.23. The molecule has 0 radical (unpaired) electrons. The largest absolute Gasteiger partial charge is 0.481 e. The van der Waals surface area contributed by atoms with Crippen molar-refractivity contribution in [2.75, 3.05) is 19.6 Å². The molecule has 0 bridgehead atoms. The second-order valence-electron chi connectivity index (χ2n) is 6.95. The average Bonchev–Trinajstić information content (AvgIpc) is 3.07. The van der Waals surface area contributed by atoms with Crippen LogP contribution in [0.2, 0.25) is 0 Å². The maximum absolute atomic E-state index is 11.3. The fraction of sp³-hybridized carbons (Fsp3) is 0.381. The normalized spacial score (nSPS) is 21.8. The number of piperidine rings is 1. The number of thioether (sulfide) groups is 1. The molecule has 1 aromatic heterocycles. The summed E-state index contributed by atoms with van der Waals surface area (Å²) in [7, 11) is 0. The molecule has 1 N–H and O–H groups in total. The standard InChI is InChI=1S/C21H23NO2S2/c23-20(24)15-6-3-10-22(13-15)11-4-8-18-17-7-2-1-5-16(17)14-26-21-19(18)9-12-25-21/h1-2,5,7-9,12,15H,3-4,6,10-11,13-14H2,(H,23,24)/b18-8+. The summed E-state index contributed by atoms with van der Waals surface area (Å²) < 4.78 is 1.40. The van der Waals surface area contributed by atoms with Gasteiger partial charge in [0, 0.05) is 24.4 Å². The predicted octanol–water partition coefficient (Wildman–Crippen LogP) is 4.97. The summed E-state index contributed by atoms with van der Waals surface area (Å²) in [6.45, 7) is 2.64. The maximum Gasteiger partial charge on any atom is 0.307 e. The average molecular weight is 386 g/mol. The summed E-state index contributed by atoms with van der Waals surface area (Å²) in [5, 5.41) is 11.5. The van der Waals surface area contributed by atoms with Crippen LogP contribution in [0, 0.1) is 5.92 Å². The van der Waals surface area contributed by atoms with Gasteiger partial charge in [0.2, 0.25) is 0 Å². The molecular weight excluding hydrogens is 362 g/mol. The molecule has 2 aliphatic rings. The number of benzene rings is 1. The van der Waals surface area contributed by atoms with Gasteiger partial charge in [0.05, 0.1) is 10.1 Å². The Labute approximate surface area is 162 Å². The maximum atomic E-state index is 11.3. The van der Waals surface area contributed by atoms with Crippen LogP contribution >= 0.6 is 23.1 Å². The summed E-state index contributed by atoms with van der Waals surface area (Å²) in [6, 6.07) is 10.9. The lowest BCUT2D eigenvalue weighted by Gasteiger charge is -2.30. The highest BCUT2D eigenvalue weighted by molar-refractivity contribution is 8.00. The highest BCUT2D eigenvalue weighted by atomic mass is 32.2. The van der Waals surface area contributed by atoms with E-state index in [0.717, 1.165) is 38.1 Å². The second-order valence-corrected chi connectivity index (χ2v) is 9.11. The number of hydrogen-bond acceptors (Lipinski definition) is 4. The van der Waals surface area contributed by atoms with Crippen LogP contribution in [0.4, 0.5) is 0 Å². The number of nitrogens with zero attached hydrogens (tertiary/aromatic N) is 1. The lowest BCUT2D eigenvalue weighted by atomic mass is 9.95. The van der Waals surface area contributed by atoms with Crippen LogP contribution in [0.5, 0.6) is 0 Å². The molecule has 5 heteroatoms. The van der Waals surface area contributed by atoms with Gasteiger partial charge in [-0.05, 0) is 54.0 Å². The van der Waals surface area contributed by atoms with Gasteiger partial charge in [0.25, 0.3) is 0 Å². The Morgan fingerprint density at radius 2 is 2.15 bits per heavy atom. The van der Waals surface area contributed by atoms with Crippen LogP contribution in [0.3, 0.4) is 0 Å². The van der Waals surface area contributed by atoms with Gasteiger partial charge in [0.1, 0.15) is 0 Å². The fourth-order valence-electron chi connectivity index (χ4n) is 3.88. The van der Waals surface area contributed by atoms with Crippen molar-refractivity contribution >= 4 is 34.6 Å². The minimum absolute atomic E-state index is 0.199. The van der Waals surface area contributed by atoms with Gasteiger partial charge in [-0.1, -0.05) is 30.3 Å². The number of carboxylic acid groups (broad SMARTS) is 1. The Morgan fingerprint density at radius 1 is 1.27 bits per heavy atom. The van der Waals surface area contributed by atoms with Gasteiger partial charge >= 0.3 is 5.97 Å². The van der Waals surface area contributed by atoms with E-state index in [4.69, 9.17) is 0 Å². The molecule has 0 aliphatic carbocycles. The Hall–Kier alpha value is -1.56. The zero-order chi connectivity index (χ0) is 17.9. The smallest absolute Gasteiger partial charge is 0.307 e. The fourth-order valence-corrected chi connectivity index (χ4v) is 6.00. The summed E-state index contributed by atoms with van der Waals surface area (Å²) in [5.41, 5.74) is 5.44. The predicted molar refractivity (Wildman–Crippen MR) is 109 cm³/mol. The summed E-state index contributed by atoms with van der Waals surface area (Å²) in [5.74, 6) is 0.175. The number of fused-ring (bicyclic) bond motifs is 2. The van der Waals surface area contributed by atoms with Crippen molar-refractivity contribution in [3.63, 3.8) is 0 Å². The molecule has 3 heterocycles. The number of thiophene rings is 1. The topological polar surface area (TPSA) is 40.5 Å². The second kappa shape index (κ2) is 7.99. The Morgan fingerprint density at radius 3 is 3.04 bits per heavy atom. The van der Waals surface area contributed by atoms with Crippen LogP contribution in [0.25, 0.3) is 5.57 Å². The molecule has 2 aromatic rings. The van der Waals surface area contributed by atoms with E-state index in [2.05, 4.69) is 46.7 Å². The molecule has 0 spiro atoms. The van der Waals surface area contributed by atoms with Gasteiger partial charge in [-0.15, -0.1) is 23.1 Å². The van der Waals surface area contributed by atoms with Crippen molar-refractivity contribution in [2.24, 2.45) is 5.92 Å². The van der Waals surface area contributed by atoms with Gasteiger partial charge in [-0.2, -0.15) is 0 Å². The SMILES string of the molecule is O=C(O)C1CCCN(CC/C=C2\c3ccccc3CSc3sccc32)C1. The van der Waals surface area contributed by atoms with Gasteiger partial charge in [-0.25, -0.2) is 0 Å². The van der Waals surface area contributed by atoms with E-state index in [1.165, 1.54) is 26.5 Å². The van der Waals surface area contributed by atoms with E-state index in [0.29, 0.717) is 6.54 Å². The molecule has 1 saturated heterocycles. The lowest BCUT2D eigenvalue weighted by molar-refractivity contribution is -0.143. The number of carbonyl (C=O) groups is 1. The molecule has 136 valence electrons. The summed E-state index contributed by atoms with van der Waals surface area (Å²) in [4.78, 5) is 13.6. The molecule has 1 aromatic carbocycles. The Bertz CT molecular complexity index is 827. The first kappa shape index (κ1) is 17.8. The van der Waals surface area contributed by atoms with Crippen molar-refractivity contribution in [1.29, 1.82) is 0 Å². The van der Waals surface area contributed by atoms with Gasteiger partial charge in [-0.3, -0.25) is 4.79 Å². The van der Waals surface area contributed by atoms with Crippen LogP contribution in [0.1, 0.15) is 36.0 Å². The van der Waals surface area contributed by atoms with Crippen LogP contribution in [-0.4, -0.2) is 35.6 Å². The van der Waals surface area contributed by atoms with Crippen molar-refractivity contribution in [1.82, 2.24) is 4.90 Å². The van der Waals surface area contributed by atoms with E-state index >= 15 is 0 Å². The minimum Gasteiger partial charge on any atom is -0.481 e. The minimum atomic E-state index is -0.648. The van der Waals surface area contributed by atoms with Crippen molar-refractivity contribution in [2.45, 2.75) is 29.2 Å². The quantitative estimate of drug-likeness (QED) is 0.806. The first-order valence-corrected chi connectivity index (χ1v) is 11.0. The van der Waals surface area contributed by atoms with E-state index in [-0.39, 0.29) is 5.92 Å². The highest BCUT2D eigenvalue weighted by Gasteiger charge is 2.25. The molecular formula is C21H23NO2S2.